The zero-order valence-corrected chi connectivity index (χ0v) is 11.7. The molecule has 0 radical (unpaired) electrons. The molecule has 0 atom stereocenters. The Balaban J connectivity index is 2.30. The number of rotatable bonds is 4. The summed E-state index contributed by atoms with van der Waals surface area (Å²) in [5.74, 6) is -0.432. The van der Waals surface area contributed by atoms with Gasteiger partial charge in [-0.15, -0.1) is 0 Å². The molecule has 0 saturated carbocycles. The quantitative estimate of drug-likeness (QED) is 0.660. The second-order valence-corrected chi connectivity index (χ2v) is 4.54. The lowest BCUT2D eigenvalue weighted by Gasteiger charge is -2.06. The fraction of sp³-hybridized carbons (Fsp3) is 0.250. The minimum atomic E-state index is -0.396. The average Bonchev–Trinajstić information content (AvgIpc) is 2.47. The van der Waals surface area contributed by atoms with Gasteiger partial charge < -0.3 is 5.11 Å². The van der Waals surface area contributed by atoms with Gasteiger partial charge in [0, 0.05) is 5.71 Å². The van der Waals surface area contributed by atoms with Gasteiger partial charge in [0.25, 0.3) is 5.91 Å². The lowest BCUT2D eigenvalue weighted by Crippen LogP contribution is -2.19. The summed E-state index contributed by atoms with van der Waals surface area (Å²) in [5, 5.41) is 15.8. The molecule has 0 heterocycles. The van der Waals surface area contributed by atoms with Crippen LogP contribution in [0.15, 0.2) is 41.5 Å². The van der Waals surface area contributed by atoms with Crippen molar-refractivity contribution in [3.63, 3.8) is 0 Å². The number of amides is 1. The molecule has 0 aliphatic rings. The van der Waals surface area contributed by atoms with E-state index < -0.39 is 5.91 Å². The minimum Gasteiger partial charge on any atom is -0.507 e. The molecule has 2 N–H and O–H groups in total. The van der Waals surface area contributed by atoms with Crippen molar-refractivity contribution in [1.82, 2.24) is 5.43 Å². The highest BCUT2D eigenvalue weighted by Crippen LogP contribution is 2.24. The number of hydrazone groups is 1. The third-order valence-electron chi connectivity index (χ3n) is 3.24. The first-order chi connectivity index (χ1) is 9.65. The van der Waals surface area contributed by atoms with Crippen LogP contribution in [0.3, 0.4) is 0 Å². The normalized spacial score (nSPS) is 10.3. The molecule has 2 aromatic rings. The molecule has 104 valence electrons. The molecule has 0 unspecified atom stereocenters. The van der Waals surface area contributed by atoms with Crippen molar-refractivity contribution in [2.75, 3.05) is 0 Å². The minimum absolute atomic E-state index is 0.0362. The predicted octanol–water partition coefficient (Wildman–Crippen LogP) is 3.45. The van der Waals surface area contributed by atoms with Gasteiger partial charge in [0.15, 0.2) is 0 Å². The van der Waals surface area contributed by atoms with E-state index >= 15 is 0 Å². The monoisotopic (exact) mass is 270 g/mol. The summed E-state index contributed by atoms with van der Waals surface area (Å²) in [4.78, 5) is 12.1. The van der Waals surface area contributed by atoms with Gasteiger partial charge in [-0.25, -0.2) is 5.43 Å². The van der Waals surface area contributed by atoms with Crippen LogP contribution < -0.4 is 5.43 Å². The molecule has 4 heteroatoms. The van der Waals surface area contributed by atoms with Crippen molar-refractivity contribution < 1.29 is 9.90 Å². The van der Waals surface area contributed by atoms with E-state index in [-0.39, 0.29) is 11.3 Å². The van der Waals surface area contributed by atoms with Gasteiger partial charge in [-0.2, -0.15) is 5.10 Å². The number of aromatic hydroxyl groups is 1. The number of phenolic OH excluding ortho intramolecular Hbond substituents is 1. The Hall–Kier alpha value is -2.36. The third-order valence-corrected chi connectivity index (χ3v) is 3.24. The van der Waals surface area contributed by atoms with Crippen LogP contribution >= 0.6 is 0 Å². The van der Waals surface area contributed by atoms with Gasteiger partial charge in [-0.1, -0.05) is 38.1 Å². The van der Waals surface area contributed by atoms with Crippen LogP contribution in [0.2, 0.25) is 0 Å². The van der Waals surface area contributed by atoms with Crippen molar-refractivity contribution in [3.05, 3.63) is 42.0 Å². The second-order valence-electron chi connectivity index (χ2n) is 4.54. The summed E-state index contributed by atoms with van der Waals surface area (Å²) in [7, 11) is 0. The van der Waals surface area contributed by atoms with Crippen molar-refractivity contribution in [1.29, 1.82) is 0 Å². The summed E-state index contributed by atoms with van der Waals surface area (Å²) >= 11 is 0. The number of nitrogens with zero attached hydrogens (tertiary/aromatic N) is 1. The van der Waals surface area contributed by atoms with Crippen LogP contribution in [0.5, 0.6) is 5.75 Å². The highest BCUT2D eigenvalue weighted by molar-refractivity contribution is 6.02. The largest absolute Gasteiger partial charge is 0.507 e. The molecule has 0 aliphatic carbocycles. The number of nitrogens with one attached hydrogen (secondary N) is 1. The molecule has 0 saturated heterocycles. The Kier molecular flexibility index (Phi) is 4.35. The van der Waals surface area contributed by atoms with E-state index in [1.807, 2.05) is 38.1 Å². The Labute approximate surface area is 118 Å². The van der Waals surface area contributed by atoms with Gasteiger partial charge in [-0.05, 0) is 35.7 Å². The molecule has 2 rings (SSSR count). The summed E-state index contributed by atoms with van der Waals surface area (Å²) < 4.78 is 0. The van der Waals surface area contributed by atoms with Crippen LogP contribution in [-0.4, -0.2) is 16.7 Å². The van der Waals surface area contributed by atoms with E-state index in [1.165, 1.54) is 0 Å². The number of hydrogen-bond acceptors (Lipinski definition) is 3. The summed E-state index contributed by atoms with van der Waals surface area (Å²) in [6.45, 7) is 3.98. The van der Waals surface area contributed by atoms with Crippen LogP contribution in [0.25, 0.3) is 10.8 Å². The van der Waals surface area contributed by atoms with Gasteiger partial charge in [-0.3, -0.25) is 4.79 Å². The van der Waals surface area contributed by atoms with Crippen molar-refractivity contribution in [3.8, 4) is 5.75 Å². The molecule has 0 fully saturated rings. The van der Waals surface area contributed by atoms with Gasteiger partial charge in [0.1, 0.15) is 5.75 Å². The zero-order valence-electron chi connectivity index (χ0n) is 11.7. The number of benzene rings is 2. The molecule has 0 aromatic heterocycles. The Bertz CT molecular complexity index is 657. The van der Waals surface area contributed by atoms with Crippen molar-refractivity contribution >= 4 is 22.4 Å². The molecule has 4 nitrogen and oxygen atoms in total. The first kappa shape index (κ1) is 14.1. The molecular formula is C16H18N2O2. The Morgan fingerprint density at radius 3 is 2.35 bits per heavy atom. The van der Waals surface area contributed by atoms with Gasteiger partial charge in [0.2, 0.25) is 0 Å². The number of phenols is 1. The first-order valence-corrected chi connectivity index (χ1v) is 6.73. The fourth-order valence-corrected chi connectivity index (χ4v) is 2.01. The molecule has 20 heavy (non-hydrogen) atoms. The van der Waals surface area contributed by atoms with E-state index in [9.17, 15) is 9.90 Å². The van der Waals surface area contributed by atoms with E-state index in [1.54, 1.807) is 12.1 Å². The SMILES string of the molecule is CCC(CC)=NNC(=O)c1cc2ccccc2cc1O. The van der Waals surface area contributed by atoms with E-state index in [0.717, 1.165) is 29.3 Å². The standard InChI is InChI=1S/C16H18N2O2/c1-3-13(4-2)17-18-16(20)14-9-11-7-5-6-8-12(11)10-15(14)19/h5-10,19H,3-4H2,1-2H3,(H,18,20). The maximum Gasteiger partial charge on any atom is 0.275 e. The lowest BCUT2D eigenvalue weighted by atomic mass is 10.1. The first-order valence-electron chi connectivity index (χ1n) is 6.73. The fourth-order valence-electron chi connectivity index (χ4n) is 2.01. The van der Waals surface area contributed by atoms with E-state index in [0.29, 0.717) is 0 Å². The number of fused-ring (bicyclic) bond motifs is 1. The number of hydrogen-bond donors (Lipinski definition) is 2. The molecule has 2 aromatic carbocycles. The molecule has 0 bridgehead atoms. The zero-order chi connectivity index (χ0) is 14.5. The van der Waals surface area contributed by atoms with Crippen LogP contribution in [-0.2, 0) is 0 Å². The Morgan fingerprint density at radius 2 is 1.75 bits per heavy atom. The van der Waals surface area contributed by atoms with Crippen LogP contribution in [0, 0.1) is 0 Å². The maximum absolute atomic E-state index is 12.1. The van der Waals surface area contributed by atoms with Crippen molar-refractivity contribution in [2.24, 2.45) is 5.10 Å². The number of carbonyl (C=O) groups excluding carboxylic acids is 1. The molecular weight excluding hydrogens is 252 g/mol. The maximum atomic E-state index is 12.1. The third kappa shape index (κ3) is 2.96. The van der Waals surface area contributed by atoms with Crippen LogP contribution in [0.4, 0.5) is 0 Å². The topological polar surface area (TPSA) is 61.7 Å². The van der Waals surface area contributed by atoms with Gasteiger partial charge >= 0.3 is 0 Å². The summed E-state index contributed by atoms with van der Waals surface area (Å²) in [6.07, 6.45) is 1.58. The van der Waals surface area contributed by atoms with Gasteiger partial charge in [0.05, 0.1) is 5.56 Å². The Morgan fingerprint density at radius 1 is 1.15 bits per heavy atom. The van der Waals surface area contributed by atoms with Crippen LogP contribution in [0.1, 0.15) is 37.0 Å². The van der Waals surface area contributed by atoms with E-state index in [2.05, 4.69) is 10.5 Å². The smallest absolute Gasteiger partial charge is 0.275 e. The van der Waals surface area contributed by atoms with Crippen molar-refractivity contribution in [2.45, 2.75) is 26.7 Å². The average molecular weight is 270 g/mol. The number of carbonyl (C=O) groups is 1. The molecule has 0 spiro atoms. The summed E-state index contributed by atoms with van der Waals surface area (Å²) in [6, 6.07) is 10.8. The van der Waals surface area contributed by atoms with E-state index in [4.69, 9.17) is 0 Å². The highest BCUT2D eigenvalue weighted by atomic mass is 16.3. The lowest BCUT2D eigenvalue weighted by molar-refractivity contribution is 0.0952. The second kappa shape index (κ2) is 6.19. The molecule has 1 amide bonds. The molecule has 0 aliphatic heterocycles. The summed E-state index contributed by atoms with van der Waals surface area (Å²) in [5.41, 5.74) is 3.65. The predicted molar refractivity (Wildman–Crippen MR) is 81.1 cm³/mol. The highest BCUT2D eigenvalue weighted by Gasteiger charge is 2.12.